The van der Waals surface area contributed by atoms with Gasteiger partial charge in [-0.05, 0) is 31.1 Å². The number of hydrogen-bond acceptors (Lipinski definition) is 4. The van der Waals surface area contributed by atoms with Gasteiger partial charge in [-0.1, -0.05) is 26.0 Å². The number of rotatable bonds is 4. The lowest BCUT2D eigenvalue weighted by Crippen LogP contribution is -2.22. The van der Waals surface area contributed by atoms with E-state index in [1.807, 2.05) is 6.92 Å². The second-order valence-electron chi connectivity index (χ2n) is 4.89. The highest BCUT2D eigenvalue weighted by molar-refractivity contribution is 5.44. The third kappa shape index (κ3) is 2.81. The summed E-state index contributed by atoms with van der Waals surface area (Å²) in [5.41, 5.74) is 6.74. The van der Waals surface area contributed by atoms with Crippen molar-refractivity contribution in [1.29, 1.82) is 0 Å². The maximum absolute atomic E-state index is 5.85. The molecule has 0 bridgehead atoms. The average molecular weight is 247 g/mol. The highest BCUT2D eigenvalue weighted by Crippen LogP contribution is 2.27. The average Bonchev–Trinajstić information content (AvgIpc) is 2.38. The molecular formula is C14H21N3O. The summed E-state index contributed by atoms with van der Waals surface area (Å²) < 4.78 is 5.85. The highest BCUT2D eigenvalue weighted by Gasteiger charge is 2.20. The van der Waals surface area contributed by atoms with Crippen LogP contribution >= 0.6 is 0 Å². The summed E-state index contributed by atoms with van der Waals surface area (Å²) in [7, 11) is 0. The van der Waals surface area contributed by atoms with Crippen molar-refractivity contribution in [2.45, 2.75) is 33.1 Å². The smallest absolute Gasteiger partial charge is 0.221 e. The molecule has 0 saturated carbocycles. The van der Waals surface area contributed by atoms with Crippen LogP contribution in [0.2, 0.25) is 0 Å². The molecule has 2 atom stereocenters. The zero-order valence-corrected chi connectivity index (χ0v) is 11.1. The molecular weight excluding hydrogens is 226 g/mol. The SMILES string of the molecule is CCc1c(N)ncnc1OCC1CC=CCC1C. The normalized spacial score (nSPS) is 23.0. The van der Waals surface area contributed by atoms with E-state index in [1.54, 1.807) is 0 Å². The lowest BCUT2D eigenvalue weighted by Gasteiger charge is -2.25. The first-order valence-electron chi connectivity index (χ1n) is 6.59. The lowest BCUT2D eigenvalue weighted by molar-refractivity contribution is 0.191. The van der Waals surface area contributed by atoms with Gasteiger partial charge < -0.3 is 10.5 Å². The molecule has 98 valence electrons. The quantitative estimate of drug-likeness (QED) is 0.831. The number of nitrogens with two attached hydrogens (primary N) is 1. The molecule has 2 rings (SSSR count). The maximum Gasteiger partial charge on any atom is 0.221 e. The van der Waals surface area contributed by atoms with E-state index in [0.717, 1.165) is 24.8 Å². The van der Waals surface area contributed by atoms with Crippen molar-refractivity contribution in [3.05, 3.63) is 24.0 Å². The summed E-state index contributed by atoms with van der Waals surface area (Å²) in [6.45, 7) is 5.01. The number of aromatic nitrogens is 2. The van der Waals surface area contributed by atoms with Crippen molar-refractivity contribution in [2.75, 3.05) is 12.3 Å². The zero-order chi connectivity index (χ0) is 13.0. The summed E-state index contributed by atoms with van der Waals surface area (Å²) in [5, 5.41) is 0. The van der Waals surface area contributed by atoms with Crippen molar-refractivity contribution in [3.63, 3.8) is 0 Å². The van der Waals surface area contributed by atoms with Gasteiger partial charge >= 0.3 is 0 Å². The van der Waals surface area contributed by atoms with Gasteiger partial charge in [-0.3, -0.25) is 0 Å². The minimum absolute atomic E-state index is 0.527. The van der Waals surface area contributed by atoms with Gasteiger partial charge in [0.1, 0.15) is 12.1 Å². The monoisotopic (exact) mass is 247 g/mol. The summed E-state index contributed by atoms with van der Waals surface area (Å²) in [5.74, 6) is 2.40. The summed E-state index contributed by atoms with van der Waals surface area (Å²) in [4.78, 5) is 8.18. The largest absolute Gasteiger partial charge is 0.477 e. The molecule has 2 N–H and O–H groups in total. The molecule has 4 heteroatoms. The molecule has 18 heavy (non-hydrogen) atoms. The van der Waals surface area contributed by atoms with Crippen LogP contribution < -0.4 is 10.5 Å². The third-order valence-corrected chi connectivity index (χ3v) is 3.64. The van der Waals surface area contributed by atoms with Crippen LogP contribution in [-0.4, -0.2) is 16.6 Å². The molecule has 2 unspecified atom stereocenters. The molecule has 0 fully saturated rings. The Balaban J connectivity index is 2.02. The molecule has 1 aromatic rings. The van der Waals surface area contributed by atoms with Crippen molar-refractivity contribution >= 4 is 5.82 Å². The van der Waals surface area contributed by atoms with Crippen LogP contribution in [0.3, 0.4) is 0 Å². The Morgan fingerprint density at radius 1 is 1.33 bits per heavy atom. The first-order chi connectivity index (χ1) is 8.72. The van der Waals surface area contributed by atoms with Crippen LogP contribution in [-0.2, 0) is 6.42 Å². The number of nitrogen functional groups attached to an aromatic ring is 1. The predicted molar refractivity (Wildman–Crippen MR) is 72.3 cm³/mol. The lowest BCUT2D eigenvalue weighted by atomic mass is 9.85. The van der Waals surface area contributed by atoms with Crippen LogP contribution in [0, 0.1) is 11.8 Å². The summed E-state index contributed by atoms with van der Waals surface area (Å²) in [6.07, 6.45) is 8.98. The molecule has 0 aromatic carbocycles. The van der Waals surface area contributed by atoms with Crippen LogP contribution in [0.5, 0.6) is 5.88 Å². The van der Waals surface area contributed by atoms with Gasteiger partial charge in [0.2, 0.25) is 5.88 Å². The van der Waals surface area contributed by atoms with Gasteiger partial charge in [0.15, 0.2) is 0 Å². The third-order valence-electron chi connectivity index (χ3n) is 3.64. The zero-order valence-electron chi connectivity index (χ0n) is 11.1. The van der Waals surface area contributed by atoms with Gasteiger partial charge in [-0.25, -0.2) is 9.97 Å². The van der Waals surface area contributed by atoms with E-state index >= 15 is 0 Å². The Kier molecular flexibility index (Phi) is 4.18. The number of ether oxygens (including phenoxy) is 1. The van der Waals surface area contributed by atoms with Crippen LogP contribution in [0.25, 0.3) is 0 Å². The van der Waals surface area contributed by atoms with E-state index in [2.05, 4.69) is 29.0 Å². The number of nitrogens with zero attached hydrogens (tertiary/aromatic N) is 2. The second-order valence-corrected chi connectivity index (χ2v) is 4.89. The first kappa shape index (κ1) is 12.9. The fraction of sp³-hybridized carbons (Fsp3) is 0.571. The summed E-state index contributed by atoms with van der Waals surface area (Å²) in [6, 6.07) is 0. The molecule has 0 spiro atoms. The van der Waals surface area contributed by atoms with E-state index in [1.165, 1.54) is 6.33 Å². The van der Waals surface area contributed by atoms with Crippen molar-refractivity contribution in [3.8, 4) is 5.88 Å². The highest BCUT2D eigenvalue weighted by atomic mass is 16.5. The van der Waals surface area contributed by atoms with E-state index in [4.69, 9.17) is 10.5 Å². The molecule has 4 nitrogen and oxygen atoms in total. The molecule has 0 saturated heterocycles. The maximum atomic E-state index is 5.85. The minimum atomic E-state index is 0.527. The number of allylic oxidation sites excluding steroid dienone is 2. The van der Waals surface area contributed by atoms with Gasteiger partial charge in [-0.15, -0.1) is 0 Å². The molecule has 0 radical (unpaired) electrons. The Labute approximate surface area is 108 Å². The molecule has 1 aliphatic carbocycles. The molecule has 1 heterocycles. The predicted octanol–water partition coefficient (Wildman–Crippen LogP) is 2.60. The first-order valence-corrected chi connectivity index (χ1v) is 6.59. The minimum Gasteiger partial charge on any atom is -0.477 e. The molecule has 1 aliphatic rings. The topological polar surface area (TPSA) is 61.0 Å². The van der Waals surface area contributed by atoms with Crippen molar-refractivity contribution in [1.82, 2.24) is 9.97 Å². The van der Waals surface area contributed by atoms with Crippen molar-refractivity contribution < 1.29 is 4.74 Å². The van der Waals surface area contributed by atoms with Gasteiger partial charge in [0.25, 0.3) is 0 Å². The van der Waals surface area contributed by atoms with E-state index in [0.29, 0.717) is 30.1 Å². The Hall–Kier alpha value is -1.58. The fourth-order valence-electron chi connectivity index (χ4n) is 2.29. The van der Waals surface area contributed by atoms with Crippen LogP contribution in [0.1, 0.15) is 32.3 Å². The van der Waals surface area contributed by atoms with Gasteiger partial charge in [0.05, 0.1) is 12.2 Å². The fourth-order valence-corrected chi connectivity index (χ4v) is 2.29. The van der Waals surface area contributed by atoms with E-state index < -0.39 is 0 Å². The second kappa shape index (κ2) is 5.85. The molecule has 0 aliphatic heterocycles. The summed E-state index contributed by atoms with van der Waals surface area (Å²) >= 11 is 0. The van der Waals surface area contributed by atoms with E-state index in [-0.39, 0.29) is 0 Å². The Morgan fingerprint density at radius 2 is 2.11 bits per heavy atom. The number of hydrogen-bond donors (Lipinski definition) is 1. The Bertz CT molecular complexity index is 431. The molecule has 0 amide bonds. The van der Waals surface area contributed by atoms with E-state index in [9.17, 15) is 0 Å². The van der Waals surface area contributed by atoms with Crippen LogP contribution in [0.15, 0.2) is 18.5 Å². The van der Waals surface area contributed by atoms with Crippen molar-refractivity contribution in [2.24, 2.45) is 11.8 Å². The van der Waals surface area contributed by atoms with Gasteiger partial charge in [-0.2, -0.15) is 0 Å². The standard InChI is InChI=1S/C14H21N3O/c1-3-12-13(15)16-9-17-14(12)18-8-11-7-5-4-6-10(11)2/h4-5,9-11H,3,6-8H2,1-2H3,(H2,15,16,17). The number of anilines is 1. The van der Waals surface area contributed by atoms with Gasteiger partial charge in [0, 0.05) is 0 Å². The Morgan fingerprint density at radius 3 is 2.83 bits per heavy atom. The molecule has 1 aromatic heterocycles. The van der Waals surface area contributed by atoms with Crippen LogP contribution in [0.4, 0.5) is 5.82 Å².